The zero-order chi connectivity index (χ0) is 22.7. The SMILES string of the molecule is C=CC=O.COC(=O)c1ccc(N)c(O)c1.O=C(O)c1cc(O)c2ncccc2c1. The topological polar surface area (TPSA) is 160 Å². The minimum atomic E-state index is -1.06. The summed E-state index contributed by atoms with van der Waals surface area (Å²) in [6.45, 7) is 3.11. The van der Waals surface area contributed by atoms with E-state index in [0.29, 0.717) is 17.2 Å². The number of nitrogens with zero attached hydrogens (tertiary/aromatic N) is 1. The minimum Gasteiger partial charge on any atom is -0.506 e. The fourth-order valence-electron chi connectivity index (χ4n) is 2.09. The van der Waals surface area contributed by atoms with Crippen molar-refractivity contribution >= 4 is 34.8 Å². The Bertz CT molecular complexity index is 1060. The first-order valence-corrected chi connectivity index (χ1v) is 8.29. The van der Waals surface area contributed by atoms with E-state index in [0.717, 1.165) is 0 Å². The van der Waals surface area contributed by atoms with Crippen LogP contribution in [0.15, 0.2) is 61.3 Å². The molecule has 1 aromatic heterocycles. The zero-order valence-electron chi connectivity index (χ0n) is 16.0. The molecule has 30 heavy (non-hydrogen) atoms. The van der Waals surface area contributed by atoms with Gasteiger partial charge in [0.25, 0.3) is 0 Å². The lowest BCUT2D eigenvalue weighted by atomic mass is 10.1. The molecule has 9 heteroatoms. The van der Waals surface area contributed by atoms with E-state index in [1.54, 1.807) is 18.3 Å². The molecule has 0 amide bonds. The summed E-state index contributed by atoms with van der Waals surface area (Å²) in [6, 6.07) is 10.3. The van der Waals surface area contributed by atoms with Gasteiger partial charge in [-0.2, -0.15) is 0 Å². The summed E-state index contributed by atoms with van der Waals surface area (Å²) >= 11 is 0. The molecule has 0 atom stereocenters. The van der Waals surface area contributed by atoms with Crippen LogP contribution in [0.4, 0.5) is 5.69 Å². The number of fused-ring (bicyclic) bond motifs is 1. The van der Waals surface area contributed by atoms with Crippen molar-refractivity contribution in [3.8, 4) is 11.5 Å². The van der Waals surface area contributed by atoms with Crippen molar-refractivity contribution in [1.29, 1.82) is 0 Å². The van der Waals surface area contributed by atoms with E-state index in [4.69, 9.17) is 20.7 Å². The van der Waals surface area contributed by atoms with Gasteiger partial charge in [-0.1, -0.05) is 12.6 Å². The number of nitrogen functional groups attached to an aromatic ring is 1. The number of benzene rings is 2. The van der Waals surface area contributed by atoms with E-state index < -0.39 is 11.9 Å². The van der Waals surface area contributed by atoms with Crippen molar-refractivity contribution in [2.75, 3.05) is 12.8 Å². The van der Waals surface area contributed by atoms with Gasteiger partial charge < -0.3 is 25.8 Å². The quantitative estimate of drug-likeness (QED) is 0.167. The lowest BCUT2D eigenvalue weighted by molar-refractivity contribution is -0.104. The number of carboxylic acid groups (broad SMARTS) is 1. The highest BCUT2D eigenvalue weighted by molar-refractivity contribution is 5.95. The maximum Gasteiger partial charge on any atom is 0.337 e. The molecule has 0 spiro atoms. The van der Waals surface area contributed by atoms with Crippen molar-refractivity contribution in [3.63, 3.8) is 0 Å². The highest BCUT2D eigenvalue weighted by atomic mass is 16.5. The number of aromatic hydroxyl groups is 2. The zero-order valence-corrected chi connectivity index (χ0v) is 16.0. The number of allylic oxidation sites excluding steroid dienone is 1. The average molecular weight is 412 g/mol. The molecule has 0 radical (unpaired) electrons. The van der Waals surface area contributed by atoms with Gasteiger partial charge in [-0.25, -0.2) is 9.59 Å². The average Bonchev–Trinajstić information content (AvgIpc) is 2.75. The summed E-state index contributed by atoms with van der Waals surface area (Å²) in [5.74, 6) is -1.78. The number of aromatic nitrogens is 1. The molecule has 0 saturated carbocycles. The van der Waals surface area contributed by atoms with Crippen molar-refractivity contribution in [1.82, 2.24) is 4.98 Å². The molecule has 9 nitrogen and oxygen atoms in total. The van der Waals surface area contributed by atoms with E-state index in [1.807, 2.05) is 0 Å². The highest BCUT2D eigenvalue weighted by Crippen LogP contribution is 2.24. The van der Waals surface area contributed by atoms with Gasteiger partial charge in [0.1, 0.15) is 23.3 Å². The van der Waals surface area contributed by atoms with Gasteiger partial charge in [-0.3, -0.25) is 9.78 Å². The number of rotatable bonds is 3. The molecule has 156 valence electrons. The fraction of sp³-hybridized carbons (Fsp3) is 0.0476. The van der Waals surface area contributed by atoms with Crippen LogP contribution >= 0.6 is 0 Å². The summed E-state index contributed by atoms with van der Waals surface area (Å²) in [4.78, 5) is 34.6. The Labute approximate surface area is 171 Å². The maximum absolute atomic E-state index is 10.9. The van der Waals surface area contributed by atoms with Crippen LogP contribution < -0.4 is 5.73 Å². The lowest BCUT2D eigenvalue weighted by Crippen LogP contribution is -2.01. The Balaban J connectivity index is 0.000000258. The number of carboxylic acids is 1. The van der Waals surface area contributed by atoms with Gasteiger partial charge >= 0.3 is 11.9 Å². The second kappa shape index (κ2) is 11.4. The van der Waals surface area contributed by atoms with E-state index in [1.165, 1.54) is 43.5 Å². The van der Waals surface area contributed by atoms with E-state index in [2.05, 4.69) is 16.3 Å². The number of ether oxygens (including phenoxy) is 1. The van der Waals surface area contributed by atoms with Crippen LogP contribution in [0.1, 0.15) is 20.7 Å². The molecule has 0 bridgehead atoms. The normalized spacial score (nSPS) is 9.23. The molecule has 0 aliphatic carbocycles. The summed E-state index contributed by atoms with van der Waals surface area (Å²) < 4.78 is 4.44. The number of phenolic OH excluding ortho intramolecular Hbond substituents is 2. The summed E-state index contributed by atoms with van der Waals surface area (Å²) in [6.07, 6.45) is 3.38. The number of pyridine rings is 1. The molecule has 5 N–H and O–H groups in total. The summed E-state index contributed by atoms with van der Waals surface area (Å²) in [7, 11) is 1.27. The van der Waals surface area contributed by atoms with Crippen LogP contribution in [0.25, 0.3) is 10.9 Å². The molecule has 2 aromatic carbocycles. The number of methoxy groups -OCH3 is 1. The predicted molar refractivity (Wildman–Crippen MR) is 110 cm³/mol. The number of carbonyl (C=O) groups excluding carboxylic acids is 2. The maximum atomic E-state index is 10.9. The third-order valence-electron chi connectivity index (χ3n) is 3.48. The first-order valence-electron chi connectivity index (χ1n) is 8.29. The minimum absolute atomic E-state index is 0.0583. The number of phenols is 2. The number of nitrogens with two attached hydrogens (primary N) is 1. The summed E-state index contributed by atoms with van der Waals surface area (Å²) in [5.41, 5.74) is 6.32. The van der Waals surface area contributed by atoms with Gasteiger partial charge in [0.2, 0.25) is 0 Å². The van der Waals surface area contributed by atoms with Crippen LogP contribution in [-0.2, 0) is 9.53 Å². The van der Waals surface area contributed by atoms with Gasteiger partial charge in [-0.05, 0) is 42.5 Å². The first-order chi connectivity index (χ1) is 14.2. The lowest BCUT2D eigenvalue weighted by Gasteiger charge is -2.01. The van der Waals surface area contributed by atoms with Crippen molar-refractivity contribution in [2.24, 2.45) is 0 Å². The van der Waals surface area contributed by atoms with Crippen LogP contribution in [-0.4, -0.2) is 45.6 Å². The molecular weight excluding hydrogens is 392 g/mol. The van der Waals surface area contributed by atoms with E-state index >= 15 is 0 Å². The molecule has 3 rings (SSSR count). The molecule has 0 unspecified atom stereocenters. The number of carbonyl (C=O) groups is 3. The molecule has 0 fully saturated rings. The molecule has 0 aliphatic rings. The van der Waals surface area contributed by atoms with Gasteiger partial charge in [0, 0.05) is 11.6 Å². The summed E-state index contributed by atoms with van der Waals surface area (Å²) in [5, 5.41) is 27.9. The predicted octanol–water partition coefficient (Wildman–Crippen LogP) is 2.77. The molecule has 0 aliphatic heterocycles. The first kappa shape index (κ1) is 23.6. The monoisotopic (exact) mass is 412 g/mol. The second-order valence-electron chi connectivity index (χ2n) is 5.51. The fourth-order valence-corrected chi connectivity index (χ4v) is 2.09. The Hall–Kier alpha value is -4.40. The van der Waals surface area contributed by atoms with Crippen LogP contribution in [0.3, 0.4) is 0 Å². The Kier molecular flexibility index (Phi) is 9.02. The van der Waals surface area contributed by atoms with Gasteiger partial charge in [0.15, 0.2) is 0 Å². The number of esters is 1. The number of hydrogen-bond donors (Lipinski definition) is 4. The number of hydrogen-bond acceptors (Lipinski definition) is 8. The highest BCUT2D eigenvalue weighted by Gasteiger charge is 2.08. The molecule has 3 aromatic rings. The van der Waals surface area contributed by atoms with Crippen molar-refractivity contribution in [3.05, 3.63) is 72.4 Å². The van der Waals surface area contributed by atoms with Crippen molar-refractivity contribution in [2.45, 2.75) is 0 Å². The number of aromatic carboxylic acids is 1. The Morgan fingerprint density at radius 2 is 1.73 bits per heavy atom. The smallest absolute Gasteiger partial charge is 0.337 e. The van der Waals surface area contributed by atoms with Crippen LogP contribution in [0.2, 0.25) is 0 Å². The second-order valence-corrected chi connectivity index (χ2v) is 5.51. The van der Waals surface area contributed by atoms with E-state index in [-0.39, 0.29) is 28.3 Å². The third kappa shape index (κ3) is 6.64. The van der Waals surface area contributed by atoms with Crippen molar-refractivity contribution < 1.29 is 34.4 Å². The van der Waals surface area contributed by atoms with Crippen LogP contribution in [0, 0.1) is 0 Å². The largest absolute Gasteiger partial charge is 0.506 e. The van der Waals surface area contributed by atoms with E-state index in [9.17, 15) is 14.7 Å². The molecular formula is C21H20N2O7. The molecule has 1 heterocycles. The van der Waals surface area contributed by atoms with Gasteiger partial charge in [0.05, 0.1) is 23.9 Å². The Morgan fingerprint density at radius 1 is 1.10 bits per heavy atom. The van der Waals surface area contributed by atoms with Gasteiger partial charge in [-0.15, -0.1) is 0 Å². The van der Waals surface area contributed by atoms with Crippen LogP contribution in [0.5, 0.6) is 11.5 Å². The molecule has 0 saturated heterocycles. The standard InChI is InChI=1S/C10H7NO3.C8H9NO3.C3H4O/c12-8-5-7(10(13)14)4-6-2-1-3-11-9(6)8;1-12-8(11)5-2-3-6(9)7(10)4-5;1-2-3-4/h1-5,12H,(H,13,14);2-4,10H,9H2,1H3;2-3H,1H2. The number of aldehydes is 1. The number of anilines is 1. The Morgan fingerprint density at radius 3 is 2.27 bits per heavy atom. The third-order valence-corrected chi connectivity index (χ3v) is 3.48.